The fraction of sp³-hybridized carbons (Fsp3) is 0.800. The van der Waals surface area contributed by atoms with Gasteiger partial charge in [0.25, 0.3) is 0 Å². The van der Waals surface area contributed by atoms with Gasteiger partial charge >= 0.3 is 12.0 Å². The standard InChI is InChI=1S/C10H18N2O5/c1-6-7(3-5-17-6)12-10(16)11-4-2-8(13)9(14)15/h6-8,13H,2-5H2,1H3,(H,14,15)(H2,11,12,16)/t6?,7?,8-/m0/s1. The lowest BCUT2D eigenvalue weighted by molar-refractivity contribution is -0.146. The predicted molar refractivity (Wildman–Crippen MR) is 58.6 cm³/mol. The Morgan fingerprint density at radius 3 is 2.76 bits per heavy atom. The molecule has 2 unspecified atom stereocenters. The van der Waals surface area contributed by atoms with E-state index in [1.54, 1.807) is 0 Å². The molecule has 0 aromatic rings. The highest BCUT2D eigenvalue weighted by Gasteiger charge is 2.25. The number of hydrogen-bond acceptors (Lipinski definition) is 4. The molecule has 0 saturated carbocycles. The molecule has 0 aromatic carbocycles. The number of nitrogens with one attached hydrogen (secondary N) is 2. The molecule has 1 saturated heterocycles. The van der Waals surface area contributed by atoms with Crippen LogP contribution in [0.25, 0.3) is 0 Å². The summed E-state index contributed by atoms with van der Waals surface area (Å²) in [4.78, 5) is 21.7. The molecule has 0 radical (unpaired) electrons. The molecule has 17 heavy (non-hydrogen) atoms. The Balaban J connectivity index is 2.15. The van der Waals surface area contributed by atoms with Gasteiger partial charge in [-0.05, 0) is 13.3 Å². The average Bonchev–Trinajstić information content (AvgIpc) is 2.64. The molecular weight excluding hydrogens is 228 g/mol. The molecule has 0 spiro atoms. The Kier molecular flexibility index (Phi) is 5.17. The number of urea groups is 1. The zero-order chi connectivity index (χ0) is 12.8. The van der Waals surface area contributed by atoms with E-state index >= 15 is 0 Å². The van der Waals surface area contributed by atoms with Crippen LogP contribution < -0.4 is 10.6 Å². The molecule has 0 aromatic heterocycles. The van der Waals surface area contributed by atoms with Crippen molar-refractivity contribution in [3.63, 3.8) is 0 Å². The summed E-state index contributed by atoms with van der Waals surface area (Å²) in [7, 11) is 0. The number of amides is 2. The van der Waals surface area contributed by atoms with Crippen LogP contribution in [-0.2, 0) is 9.53 Å². The van der Waals surface area contributed by atoms with Gasteiger partial charge in [-0.2, -0.15) is 0 Å². The third kappa shape index (κ3) is 4.58. The molecule has 2 amide bonds. The zero-order valence-corrected chi connectivity index (χ0v) is 9.68. The number of aliphatic hydroxyl groups excluding tert-OH is 1. The van der Waals surface area contributed by atoms with Crippen molar-refractivity contribution in [2.45, 2.75) is 38.0 Å². The van der Waals surface area contributed by atoms with Gasteiger partial charge in [0, 0.05) is 19.6 Å². The maximum Gasteiger partial charge on any atom is 0.332 e. The molecular formula is C10H18N2O5. The summed E-state index contributed by atoms with van der Waals surface area (Å²) in [6.45, 7) is 2.62. The van der Waals surface area contributed by atoms with Gasteiger partial charge in [0.15, 0.2) is 6.10 Å². The zero-order valence-electron chi connectivity index (χ0n) is 9.68. The third-order valence-electron chi connectivity index (χ3n) is 2.68. The lowest BCUT2D eigenvalue weighted by Gasteiger charge is -2.16. The largest absolute Gasteiger partial charge is 0.479 e. The Hall–Kier alpha value is -1.34. The van der Waals surface area contributed by atoms with Crippen LogP contribution in [0.2, 0.25) is 0 Å². The minimum absolute atomic E-state index is 0.00893. The highest BCUT2D eigenvalue weighted by atomic mass is 16.5. The van der Waals surface area contributed by atoms with Crippen LogP contribution >= 0.6 is 0 Å². The predicted octanol–water partition coefficient (Wildman–Crippen LogP) is -0.701. The molecule has 0 aliphatic carbocycles. The number of rotatable bonds is 5. The van der Waals surface area contributed by atoms with Crippen molar-refractivity contribution in [1.82, 2.24) is 10.6 Å². The summed E-state index contributed by atoms with van der Waals surface area (Å²) in [6.07, 6.45) is -0.694. The van der Waals surface area contributed by atoms with E-state index in [0.717, 1.165) is 6.42 Å². The Morgan fingerprint density at radius 1 is 1.53 bits per heavy atom. The first-order valence-corrected chi connectivity index (χ1v) is 5.57. The lowest BCUT2D eigenvalue weighted by Crippen LogP contribution is -2.45. The SMILES string of the molecule is CC1OCCC1NC(=O)NCC[C@H](O)C(=O)O. The van der Waals surface area contributed by atoms with Crippen molar-refractivity contribution in [1.29, 1.82) is 0 Å². The van der Waals surface area contributed by atoms with Crippen molar-refractivity contribution in [3.8, 4) is 0 Å². The summed E-state index contributed by atoms with van der Waals surface area (Å²) < 4.78 is 5.28. The summed E-state index contributed by atoms with van der Waals surface area (Å²) in [5, 5.41) is 22.6. The number of carboxylic acid groups (broad SMARTS) is 1. The number of aliphatic carboxylic acids is 1. The number of ether oxygens (including phenoxy) is 1. The first-order valence-electron chi connectivity index (χ1n) is 5.57. The Bertz CT molecular complexity index is 284. The van der Waals surface area contributed by atoms with E-state index in [9.17, 15) is 9.59 Å². The quantitative estimate of drug-likeness (QED) is 0.513. The first-order chi connectivity index (χ1) is 8.00. The fourth-order valence-corrected chi connectivity index (χ4v) is 1.59. The Labute approximate surface area is 99.1 Å². The minimum Gasteiger partial charge on any atom is -0.479 e. The molecule has 7 nitrogen and oxygen atoms in total. The van der Waals surface area contributed by atoms with Crippen molar-refractivity contribution in [3.05, 3.63) is 0 Å². The molecule has 0 bridgehead atoms. The van der Waals surface area contributed by atoms with Gasteiger partial charge in [-0.3, -0.25) is 0 Å². The highest BCUT2D eigenvalue weighted by molar-refractivity contribution is 5.74. The van der Waals surface area contributed by atoms with Crippen LogP contribution in [0.1, 0.15) is 19.8 Å². The van der Waals surface area contributed by atoms with Gasteiger partial charge in [0.05, 0.1) is 12.1 Å². The van der Waals surface area contributed by atoms with Crippen molar-refractivity contribution < 1.29 is 24.5 Å². The molecule has 1 aliphatic rings. The van der Waals surface area contributed by atoms with E-state index in [1.807, 2.05) is 6.92 Å². The smallest absolute Gasteiger partial charge is 0.332 e. The van der Waals surface area contributed by atoms with E-state index in [0.29, 0.717) is 6.61 Å². The number of aliphatic hydroxyl groups is 1. The molecule has 98 valence electrons. The average molecular weight is 246 g/mol. The van der Waals surface area contributed by atoms with E-state index in [2.05, 4.69) is 10.6 Å². The lowest BCUT2D eigenvalue weighted by atomic mass is 10.2. The maximum absolute atomic E-state index is 11.4. The topological polar surface area (TPSA) is 108 Å². The van der Waals surface area contributed by atoms with Gasteiger partial charge in [0.1, 0.15) is 0 Å². The molecule has 3 atom stereocenters. The van der Waals surface area contributed by atoms with Crippen LogP contribution in [0, 0.1) is 0 Å². The van der Waals surface area contributed by atoms with Crippen LogP contribution in [0.15, 0.2) is 0 Å². The van der Waals surface area contributed by atoms with E-state index in [-0.39, 0.29) is 31.1 Å². The molecule has 1 heterocycles. The summed E-state index contributed by atoms with van der Waals surface area (Å²) in [6, 6.07) is -0.385. The molecule has 1 fully saturated rings. The van der Waals surface area contributed by atoms with Gasteiger partial charge in [-0.25, -0.2) is 9.59 Å². The highest BCUT2D eigenvalue weighted by Crippen LogP contribution is 2.11. The van der Waals surface area contributed by atoms with Crippen LogP contribution in [0.3, 0.4) is 0 Å². The molecule has 1 rings (SSSR count). The van der Waals surface area contributed by atoms with Crippen molar-refractivity contribution in [2.24, 2.45) is 0 Å². The van der Waals surface area contributed by atoms with Gasteiger partial charge in [0.2, 0.25) is 0 Å². The normalized spacial score (nSPS) is 25.3. The molecule has 7 heteroatoms. The van der Waals surface area contributed by atoms with Gasteiger partial charge in [-0.1, -0.05) is 0 Å². The van der Waals surface area contributed by atoms with Gasteiger partial charge in [-0.15, -0.1) is 0 Å². The molecule has 1 aliphatic heterocycles. The fourth-order valence-electron chi connectivity index (χ4n) is 1.59. The third-order valence-corrected chi connectivity index (χ3v) is 2.68. The first kappa shape index (κ1) is 13.7. The second kappa shape index (κ2) is 6.41. The van der Waals surface area contributed by atoms with E-state index in [4.69, 9.17) is 14.9 Å². The number of carboxylic acids is 1. The van der Waals surface area contributed by atoms with Crippen LogP contribution in [0.4, 0.5) is 4.79 Å². The number of hydrogen-bond donors (Lipinski definition) is 4. The molecule has 4 N–H and O–H groups in total. The maximum atomic E-state index is 11.4. The minimum atomic E-state index is -1.44. The Morgan fingerprint density at radius 2 is 2.24 bits per heavy atom. The van der Waals surface area contributed by atoms with E-state index in [1.165, 1.54) is 0 Å². The van der Waals surface area contributed by atoms with Gasteiger partial charge < -0.3 is 25.6 Å². The van der Waals surface area contributed by atoms with E-state index < -0.39 is 12.1 Å². The second-order valence-electron chi connectivity index (χ2n) is 4.01. The van der Waals surface area contributed by atoms with Crippen molar-refractivity contribution in [2.75, 3.05) is 13.2 Å². The second-order valence-corrected chi connectivity index (χ2v) is 4.01. The number of carbonyl (C=O) groups excluding carboxylic acids is 1. The summed E-state index contributed by atoms with van der Waals surface area (Å²) >= 11 is 0. The monoisotopic (exact) mass is 246 g/mol. The summed E-state index contributed by atoms with van der Waals surface area (Å²) in [5.74, 6) is -1.29. The summed E-state index contributed by atoms with van der Waals surface area (Å²) in [5.41, 5.74) is 0. The number of carbonyl (C=O) groups is 2. The van der Waals surface area contributed by atoms with Crippen molar-refractivity contribution >= 4 is 12.0 Å². The van der Waals surface area contributed by atoms with Crippen LogP contribution in [0.5, 0.6) is 0 Å². The van der Waals surface area contributed by atoms with Crippen LogP contribution in [-0.4, -0.2) is 53.6 Å².